The number of rotatable bonds is 4. The minimum atomic E-state index is -1.00. The molecule has 0 spiro atoms. The van der Waals surface area contributed by atoms with Crippen molar-refractivity contribution >= 4 is 12.1 Å². The van der Waals surface area contributed by atoms with Crippen LogP contribution in [0.15, 0.2) is 0 Å². The Balaban J connectivity index is 5.10. The van der Waals surface area contributed by atoms with Crippen LogP contribution in [0.3, 0.4) is 0 Å². The molecule has 0 aliphatic heterocycles. The van der Waals surface area contributed by atoms with E-state index in [2.05, 4.69) is 5.32 Å². The fraction of sp³-hybridized carbons (Fsp3) is 0.867. The van der Waals surface area contributed by atoms with Gasteiger partial charge in [0.15, 0.2) is 0 Å². The quantitative estimate of drug-likeness (QED) is 0.778. The van der Waals surface area contributed by atoms with Crippen molar-refractivity contribution in [2.75, 3.05) is 6.61 Å². The molecule has 0 bridgehead atoms. The van der Waals surface area contributed by atoms with Crippen LogP contribution in [-0.4, -0.2) is 41.0 Å². The van der Waals surface area contributed by atoms with Gasteiger partial charge in [-0.2, -0.15) is 0 Å². The Hall–Kier alpha value is -1.30. The zero-order valence-corrected chi connectivity index (χ0v) is 14.4. The molecule has 0 aliphatic rings. The van der Waals surface area contributed by atoms with Gasteiger partial charge in [-0.1, -0.05) is 13.8 Å². The van der Waals surface area contributed by atoms with Crippen LogP contribution in [0.5, 0.6) is 0 Å². The molecule has 0 saturated carbocycles. The topological polar surface area (TPSA) is 84.9 Å². The van der Waals surface area contributed by atoms with Gasteiger partial charge in [0, 0.05) is 5.41 Å². The maximum absolute atomic E-state index is 12.3. The molecule has 0 aromatic heterocycles. The van der Waals surface area contributed by atoms with Gasteiger partial charge < -0.3 is 19.9 Å². The van der Waals surface area contributed by atoms with E-state index in [-0.39, 0.29) is 6.61 Å². The number of nitrogens with one attached hydrogen (secondary N) is 1. The van der Waals surface area contributed by atoms with Gasteiger partial charge in [0.2, 0.25) is 0 Å². The third-order valence-corrected chi connectivity index (χ3v) is 2.49. The van der Waals surface area contributed by atoms with Crippen LogP contribution >= 0.6 is 0 Å². The Labute approximate surface area is 127 Å². The molecule has 0 saturated heterocycles. The molecule has 0 radical (unpaired) electrons. The van der Waals surface area contributed by atoms with Gasteiger partial charge >= 0.3 is 12.1 Å². The molecular weight excluding hydrogens is 274 g/mol. The van der Waals surface area contributed by atoms with E-state index in [1.54, 1.807) is 55.4 Å². The lowest BCUT2D eigenvalue weighted by Crippen LogP contribution is -2.54. The molecule has 0 aromatic rings. The van der Waals surface area contributed by atoms with Crippen molar-refractivity contribution in [1.82, 2.24) is 5.32 Å². The van der Waals surface area contributed by atoms with Crippen molar-refractivity contribution in [3.63, 3.8) is 0 Å². The summed E-state index contributed by atoms with van der Waals surface area (Å²) in [5.41, 5.74) is -2.23. The molecule has 1 amide bonds. The molecule has 21 heavy (non-hydrogen) atoms. The van der Waals surface area contributed by atoms with Gasteiger partial charge in [-0.25, -0.2) is 9.59 Å². The minimum Gasteiger partial charge on any atom is -0.458 e. The Morgan fingerprint density at radius 2 is 1.38 bits per heavy atom. The second-order valence-corrected chi connectivity index (χ2v) is 7.76. The van der Waals surface area contributed by atoms with Crippen LogP contribution in [0.25, 0.3) is 0 Å². The molecule has 2 N–H and O–H groups in total. The number of aliphatic hydroxyl groups is 1. The Morgan fingerprint density at radius 3 is 1.71 bits per heavy atom. The lowest BCUT2D eigenvalue weighted by atomic mass is 9.85. The predicted octanol–water partition coefficient (Wildman–Crippen LogP) is 2.24. The van der Waals surface area contributed by atoms with Gasteiger partial charge in [0.1, 0.15) is 17.2 Å². The van der Waals surface area contributed by atoms with Gasteiger partial charge in [0.05, 0.1) is 6.61 Å². The maximum atomic E-state index is 12.3. The Kier molecular flexibility index (Phi) is 6.23. The molecule has 124 valence electrons. The summed E-state index contributed by atoms with van der Waals surface area (Å²) in [6.45, 7) is 13.4. The predicted molar refractivity (Wildman–Crippen MR) is 79.9 cm³/mol. The summed E-state index contributed by atoms with van der Waals surface area (Å²) in [5.74, 6) is -0.604. The first-order valence-electron chi connectivity index (χ1n) is 7.01. The number of hydrogen-bond acceptors (Lipinski definition) is 5. The maximum Gasteiger partial charge on any atom is 0.408 e. The fourth-order valence-corrected chi connectivity index (χ4v) is 1.45. The molecule has 0 unspecified atom stereocenters. The van der Waals surface area contributed by atoms with Crippen molar-refractivity contribution in [2.45, 2.75) is 72.6 Å². The van der Waals surface area contributed by atoms with Crippen molar-refractivity contribution in [2.24, 2.45) is 5.41 Å². The average molecular weight is 303 g/mol. The number of carbonyl (C=O) groups excluding carboxylic acids is 2. The summed E-state index contributed by atoms with van der Waals surface area (Å²) >= 11 is 0. The van der Waals surface area contributed by atoms with Crippen molar-refractivity contribution in [1.29, 1.82) is 0 Å². The van der Waals surface area contributed by atoms with E-state index in [1.165, 1.54) is 0 Å². The van der Waals surface area contributed by atoms with Crippen LogP contribution in [0.4, 0.5) is 4.79 Å². The number of carbonyl (C=O) groups is 2. The Bertz CT molecular complexity index is 377. The van der Waals surface area contributed by atoms with E-state index in [0.29, 0.717) is 0 Å². The number of esters is 1. The number of hydrogen-bond donors (Lipinski definition) is 2. The van der Waals surface area contributed by atoms with E-state index < -0.39 is 34.7 Å². The van der Waals surface area contributed by atoms with Crippen LogP contribution in [0, 0.1) is 5.41 Å². The summed E-state index contributed by atoms with van der Waals surface area (Å²) in [5, 5.41) is 11.9. The number of amides is 1. The standard InChI is InChI=1S/C15H29NO5/c1-13(2,3)20-11(18)10(15(7,8)9-17)16-12(19)21-14(4,5)6/h10,17H,9H2,1-8H3,(H,16,19)/t10-/m1/s1. The molecule has 1 atom stereocenters. The highest BCUT2D eigenvalue weighted by Gasteiger charge is 2.39. The summed E-state index contributed by atoms with van der Waals surface area (Å²) in [6.07, 6.45) is -0.722. The highest BCUT2D eigenvalue weighted by molar-refractivity contribution is 5.82. The van der Waals surface area contributed by atoms with Gasteiger partial charge in [-0.3, -0.25) is 0 Å². The van der Waals surface area contributed by atoms with Gasteiger partial charge in [0.25, 0.3) is 0 Å². The zero-order chi connectivity index (χ0) is 17.1. The second kappa shape index (κ2) is 6.64. The highest BCUT2D eigenvalue weighted by atomic mass is 16.6. The summed E-state index contributed by atoms with van der Waals surface area (Å²) in [7, 11) is 0. The number of aliphatic hydroxyl groups excluding tert-OH is 1. The summed E-state index contributed by atoms with van der Waals surface area (Å²) in [6, 6.07) is -1.00. The fourth-order valence-electron chi connectivity index (χ4n) is 1.45. The van der Waals surface area contributed by atoms with Crippen molar-refractivity contribution in [3.05, 3.63) is 0 Å². The van der Waals surface area contributed by atoms with Gasteiger partial charge in [-0.15, -0.1) is 0 Å². The minimum absolute atomic E-state index is 0.285. The van der Waals surface area contributed by atoms with Crippen LogP contribution < -0.4 is 5.32 Å². The first-order chi connectivity index (χ1) is 9.18. The van der Waals surface area contributed by atoms with E-state index in [1.807, 2.05) is 0 Å². The lowest BCUT2D eigenvalue weighted by molar-refractivity contribution is -0.161. The largest absolute Gasteiger partial charge is 0.458 e. The van der Waals surface area contributed by atoms with Crippen LogP contribution in [0.1, 0.15) is 55.4 Å². The molecule has 6 heteroatoms. The highest BCUT2D eigenvalue weighted by Crippen LogP contribution is 2.23. The van der Waals surface area contributed by atoms with Crippen molar-refractivity contribution in [3.8, 4) is 0 Å². The van der Waals surface area contributed by atoms with E-state index in [4.69, 9.17) is 9.47 Å². The second-order valence-electron chi connectivity index (χ2n) is 7.76. The molecule has 0 fully saturated rings. The van der Waals surface area contributed by atoms with Crippen LogP contribution in [0.2, 0.25) is 0 Å². The average Bonchev–Trinajstić information content (AvgIpc) is 2.20. The van der Waals surface area contributed by atoms with Crippen LogP contribution in [-0.2, 0) is 14.3 Å². The van der Waals surface area contributed by atoms with Gasteiger partial charge in [-0.05, 0) is 41.5 Å². The molecule has 6 nitrogen and oxygen atoms in total. The van der Waals surface area contributed by atoms with E-state index in [0.717, 1.165) is 0 Å². The summed E-state index contributed by atoms with van der Waals surface area (Å²) in [4.78, 5) is 24.1. The third-order valence-electron chi connectivity index (χ3n) is 2.49. The smallest absolute Gasteiger partial charge is 0.408 e. The summed E-state index contributed by atoms with van der Waals surface area (Å²) < 4.78 is 10.4. The third kappa shape index (κ3) is 7.90. The molecule has 0 aromatic carbocycles. The molecule has 0 heterocycles. The van der Waals surface area contributed by atoms with E-state index in [9.17, 15) is 14.7 Å². The number of ether oxygens (including phenoxy) is 2. The molecule has 0 aliphatic carbocycles. The molecule has 0 rings (SSSR count). The molecular formula is C15H29NO5. The number of alkyl carbamates (subject to hydrolysis) is 1. The SMILES string of the molecule is CC(C)(C)OC(=O)N[C@H](C(=O)OC(C)(C)C)C(C)(C)CO. The Morgan fingerprint density at radius 1 is 0.952 bits per heavy atom. The lowest BCUT2D eigenvalue weighted by Gasteiger charge is -2.34. The normalized spacial score (nSPS) is 14.3. The first-order valence-corrected chi connectivity index (χ1v) is 7.01. The monoisotopic (exact) mass is 303 g/mol. The zero-order valence-electron chi connectivity index (χ0n) is 14.4. The first kappa shape index (κ1) is 19.7. The van der Waals surface area contributed by atoms with E-state index >= 15 is 0 Å². The van der Waals surface area contributed by atoms with Crippen molar-refractivity contribution < 1.29 is 24.2 Å².